The molecular formula is C11H9ClO2S. The summed E-state index contributed by atoms with van der Waals surface area (Å²) in [7, 11) is 1.64. The van der Waals surface area contributed by atoms with Crippen LogP contribution in [0.15, 0.2) is 41.3 Å². The lowest BCUT2D eigenvalue weighted by molar-refractivity contribution is 0.609. The van der Waals surface area contributed by atoms with Crippen LogP contribution in [0.1, 0.15) is 5.56 Å². The largest absolute Gasteiger partial charge is 0.261 e. The number of hydrogen-bond acceptors (Lipinski definition) is 2. The maximum atomic E-state index is 11.2. The summed E-state index contributed by atoms with van der Waals surface area (Å²) >= 11 is 0. The summed E-state index contributed by atoms with van der Waals surface area (Å²) in [5.74, 6) is 0. The predicted octanol–water partition coefficient (Wildman–Crippen LogP) is 3.08. The Morgan fingerprint density at radius 2 is 1.87 bits per heavy atom. The lowest BCUT2D eigenvalue weighted by Crippen LogP contribution is -1.90. The van der Waals surface area contributed by atoms with E-state index in [4.69, 9.17) is 10.7 Å². The van der Waals surface area contributed by atoms with Crippen LogP contribution in [0.4, 0.5) is 0 Å². The zero-order valence-electron chi connectivity index (χ0n) is 8.07. The van der Waals surface area contributed by atoms with E-state index >= 15 is 0 Å². The highest BCUT2D eigenvalue weighted by molar-refractivity contribution is 8.13. The SMILES string of the molecule is Cc1cccc2ccc(S(=O)(=O)Cl)cc12. The van der Waals surface area contributed by atoms with Crippen LogP contribution in [0, 0.1) is 6.92 Å². The van der Waals surface area contributed by atoms with Gasteiger partial charge in [-0.1, -0.05) is 24.3 Å². The molecule has 0 unspecified atom stereocenters. The third kappa shape index (κ3) is 1.98. The zero-order valence-corrected chi connectivity index (χ0v) is 9.64. The first-order valence-corrected chi connectivity index (χ1v) is 6.73. The molecule has 0 bridgehead atoms. The number of aryl methyl sites for hydroxylation is 1. The van der Waals surface area contributed by atoms with Crippen LogP contribution in [0.3, 0.4) is 0 Å². The van der Waals surface area contributed by atoms with Gasteiger partial charge in [0.1, 0.15) is 0 Å². The number of rotatable bonds is 1. The second-order valence-corrected chi connectivity index (χ2v) is 5.96. The molecule has 0 aliphatic heterocycles. The molecule has 0 N–H and O–H groups in total. The van der Waals surface area contributed by atoms with Crippen molar-refractivity contribution in [1.82, 2.24) is 0 Å². The van der Waals surface area contributed by atoms with E-state index in [2.05, 4.69) is 0 Å². The second kappa shape index (κ2) is 3.51. The zero-order chi connectivity index (χ0) is 11.1. The first-order valence-electron chi connectivity index (χ1n) is 4.42. The molecule has 4 heteroatoms. The number of fused-ring (bicyclic) bond motifs is 1. The third-order valence-corrected chi connectivity index (χ3v) is 3.70. The lowest BCUT2D eigenvalue weighted by Gasteiger charge is -2.03. The molecule has 0 heterocycles. The van der Waals surface area contributed by atoms with Gasteiger partial charge in [0.05, 0.1) is 4.90 Å². The van der Waals surface area contributed by atoms with Gasteiger partial charge in [-0.15, -0.1) is 0 Å². The Hall–Kier alpha value is -1.06. The standard InChI is InChI=1S/C11H9ClO2S/c1-8-3-2-4-9-5-6-10(7-11(8)9)15(12,13)14/h2-7H,1H3. The average Bonchev–Trinajstić information content (AvgIpc) is 2.16. The van der Waals surface area contributed by atoms with Crippen LogP contribution in [-0.4, -0.2) is 8.42 Å². The van der Waals surface area contributed by atoms with Crippen molar-refractivity contribution < 1.29 is 8.42 Å². The van der Waals surface area contributed by atoms with Crippen molar-refractivity contribution in [2.75, 3.05) is 0 Å². The Balaban J connectivity index is 2.81. The molecule has 0 aliphatic carbocycles. The summed E-state index contributed by atoms with van der Waals surface area (Å²) in [4.78, 5) is 0.144. The van der Waals surface area contributed by atoms with Crippen molar-refractivity contribution in [3.8, 4) is 0 Å². The third-order valence-electron chi connectivity index (χ3n) is 2.35. The molecule has 2 rings (SSSR count). The first-order chi connectivity index (χ1) is 6.98. The van der Waals surface area contributed by atoms with Gasteiger partial charge in [-0.05, 0) is 35.4 Å². The summed E-state index contributed by atoms with van der Waals surface area (Å²) < 4.78 is 22.3. The number of hydrogen-bond donors (Lipinski definition) is 0. The van der Waals surface area contributed by atoms with Gasteiger partial charge in [-0.2, -0.15) is 0 Å². The maximum absolute atomic E-state index is 11.2. The van der Waals surface area contributed by atoms with Crippen molar-refractivity contribution in [2.24, 2.45) is 0 Å². The van der Waals surface area contributed by atoms with E-state index in [0.717, 1.165) is 16.3 Å². The molecule has 2 nitrogen and oxygen atoms in total. The van der Waals surface area contributed by atoms with Gasteiger partial charge in [-0.3, -0.25) is 0 Å². The summed E-state index contributed by atoms with van der Waals surface area (Å²) in [5.41, 5.74) is 1.04. The molecule has 2 aromatic rings. The minimum Gasteiger partial charge on any atom is -0.207 e. The molecule has 0 fully saturated rings. The fourth-order valence-corrected chi connectivity index (χ4v) is 2.34. The average molecular weight is 241 g/mol. The minimum atomic E-state index is -3.64. The van der Waals surface area contributed by atoms with Gasteiger partial charge >= 0.3 is 0 Å². The second-order valence-electron chi connectivity index (χ2n) is 3.40. The number of halogens is 1. The molecule has 2 aromatic carbocycles. The van der Waals surface area contributed by atoms with E-state index in [-0.39, 0.29) is 4.90 Å². The van der Waals surface area contributed by atoms with E-state index in [9.17, 15) is 8.42 Å². The van der Waals surface area contributed by atoms with E-state index in [1.54, 1.807) is 12.1 Å². The molecule has 0 saturated heterocycles. The van der Waals surface area contributed by atoms with E-state index < -0.39 is 9.05 Å². The molecule has 78 valence electrons. The minimum absolute atomic E-state index is 0.144. The molecule has 0 amide bonds. The maximum Gasteiger partial charge on any atom is 0.261 e. The quantitative estimate of drug-likeness (QED) is 0.718. The molecule has 0 aliphatic rings. The Morgan fingerprint density at radius 3 is 2.53 bits per heavy atom. The van der Waals surface area contributed by atoms with Gasteiger partial charge in [-0.25, -0.2) is 8.42 Å². The summed E-state index contributed by atoms with van der Waals surface area (Å²) in [6.45, 7) is 1.94. The van der Waals surface area contributed by atoms with Crippen LogP contribution >= 0.6 is 10.7 Å². The Morgan fingerprint density at radius 1 is 1.13 bits per heavy atom. The van der Waals surface area contributed by atoms with Crippen molar-refractivity contribution in [1.29, 1.82) is 0 Å². The molecule has 0 atom stereocenters. The molecule has 0 spiro atoms. The van der Waals surface area contributed by atoms with Gasteiger partial charge in [0.15, 0.2) is 0 Å². The Labute approximate surface area is 92.9 Å². The van der Waals surface area contributed by atoms with Crippen LogP contribution in [0.5, 0.6) is 0 Å². The van der Waals surface area contributed by atoms with Crippen LogP contribution in [0.2, 0.25) is 0 Å². The van der Waals surface area contributed by atoms with Crippen molar-refractivity contribution in [2.45, 2.75) is 11.8 Å². The normalized spacial score (nSPS) is 11.9. The Kier molecular flexibility index (Phi) is 2.44. The first kappa shape index (κ1) is 10.5. The van der Waals surface area contributed by atoms with Gasteiger partial charge in [0.25, 0.3) is 9.05 Å². The van der Waals surface area contributed by atoms with Gasteiger partial charge in [0, 0.05) is 10.7 Å². The lowest BCUT2D eigenvalue weighted by atomic mass is 10.1. The fourth-order valence-electron chi connectivity index (χ4n) is 1.56. The van der Waals surface area contributed by atoms with Crippen molar-refractivity contribution in [3.05, 3.63) is 42.0 Å². The van der Waals surface area contributed by atoms with Crippen LogP contribution in [0.25, 0.3) is 10.8 Å². The molecular weight excluding hydrogens is 232 g/mol. The number of benzene rings is 2. The molecule has 0 aromatic heterocycles. The van der Waals surface area contributed by atoms with E-state index in [1.165, 1.54) is 6.07 Å². The van der Waals surface area contributed by atoms with Gasteiger partial charge in [0.2, 0.25) is 0 Å². The van der Waals surface area contributed by atoms with Crippen LogP contribution in [-0.2, 0) is 9.05 Å². The van der Waals surface area contributed by atoms with Crippen LogP contribution < -0.4 is 0 Å². The monoisotopic (exact) mass is 240 g/mol. The summed E-state index contributed by atoms with van der Waals surface area (Å²) in [5, 5.41) is 1.93. The topological polar surface area (TPSA) is 34.1 Å². The van der Waals surface area contributed by atoms with E-state index in [1.807, 2.05) is 25.1 Å². The van der Waals surface area contributed by atoms with Crippen molar-refractivity contribution >= 4 is 30.5 Å². The highest BCUT2D eigenvalue weighted by atomic mass is 35.7. The molecule has 0 radical (unpaired) electrons. The van der Waals surface area contributed by atoms with E-state index in [0.29, 0.717) is 0 Å². The highest BCUT2D eigenvalue weighted by Crippen LogP contribution is 2.23. The van der Waals surface area contributed by atoms with Gasteiger partial charge < -0.3 is 0 Å². The summed E-state index contributed by atoms with van der Waals surface area (Å²) in [6.07, 6.45) is 0. The van der Waals surface area contributed by atoms with Crippen molar-refractivity contribution in [3.63, 3.8) is 0 Å². The Bertz CT molecular complexity index is 618. The smallest absolute Gasteiger partial charge is 0.207 e. The fraction of sp³-hybridized carbons (Fsp3) is 0.0909. The predicted molar refractivity (Wildman–Crippen MR) is 61.7 cm³/mol. The molecule has 0 saturated carbocycles. The molecule has 15 heavy (non-hydrogen) atoms. The highest BCUT2D eigenvalue weighted by Gasteiger charge is 2.10. The summed E-state index contributed by atoms with van der Waals surface area (Å²) in [6, 6.07) is 10.7.